The lowest BCUT2D eigenvalue weighted by atomic mass is 9.89. The van der Waals surface area contributed by atoms with Gasteiger partial charge in [-0.2, -0.15) is 0 Å². The second-order valence-electron chi connectivity index (χ2n) is 6.42. The van der Waals surface area contributed by atoms with Gasteiger partial charge in [0.25, 0.3) is 0 Å². The van der Waals surface area contributed by atoms with E-state index in [-0.39, 0.29) is 12.4 Å². The molecule has 1 N–H and O–H groups in total. The van der Waals surface area contributed by atoms with Crippen molar-refractivity contribution in [3.8, 4) is 0 Å². The highest BCUT2D eigenvalue weighted by molar-refractivity contribution is 5.85. The molecule has 0 aliphatic heterocycles. The summed E-state index contributed by atoms with van der Waals surface area (Å²) in [4.78, 5) is 14.4. The smallest absolute Gasteiger partial charge is 0.236 e. The number of carbonyl (C=O) groups is 1. The zero-order valence-corrected chi connectivity index (χ0v) is 13.7. The van der Waals surface area contributed by atoms with Crippen LogP contribution in [0.1, 0.15) is 58.3 Å². The van der Waals surface area contributed by atoms with Gasteiger partial charge in [-0.15, -0.1) is 12.4 Å². The van der Waals surface area contributed by atoms with Gasteiger partial charge in [-0.1, -0.05) is 26.2 Å². The summed E-state index contributed by atoms with van der Waals surface area (Å²) in [5.74, 6) is 1.92. The molecule has 2 saturated carbocycles. The van der Waals surface area contributed by atoms with Crippen LogP contribution in [-0.4, -0.2) is 37.0 Å². The molecule has 0 bridgehead atoms. The van der Waals surface area contributed by atoms with Gasteiger partial charge >= 0.3 is 0 Å². The molecule has 2 rings (SSSR count). The molecule has 3 nitrogen and oxygen atoms in total. The Morgan fingerprint density at radius 1 is 1.10 bits per heavy atom. The number of hydrogen-bond donors (Lipinski definition) is 1. The molecule has 0 heterocycles. The summed E-state index contributed by atoms with van der Waals surface area (Å²) in [6, 6.07) is 0. The van der Waals surface area contributed by atoms with E-state index in [1.807, 2.05) is 0 Å². The number of nitrogens with one attached hydrogen (secondary N) is 1. The van der Waals surface area contributed by atoms with Crippen molar-refractivity contribution in [3.05, 3.63) is 0 Å². The largest absolute Gasteiger partial charge is 0.341 e. The number of carbonyl (C=O) groups excluding carboxylic acids is 1. The van der Waals surface area contributed by atoms with Crippen molar-refractivity contribution in [1.29, 1.82) is 0 Å². The number of nitrogens with zero attached hydrogens (tertiary/aromatic N) is 1. The summed E-state index contributed by atoms with van der Waals surface area (Å²) >= 11 is 0. The van der Waals surface area contributed by atoms with Crippen molar-refractivity contribution >= 4 is 18.3 Å². The maximum atomic E-state index is 12.3. The number of hydrogen-bond acceptors (Lipinski definition) is 2. The van der Waals surface area contributed by atoms with Crippen molar-refractivity contribution in [2.45, 2.75) is 58.3 Å². The first kappa shape index (κ1) is 17.8. The normalized spacial score (nSPS) is 19.4. The molecule has 4 heteroatoms. The fourth-order valence-electron chi connectivity index (χ4n) is 3.09. The number of amides is 1. The third kappa shape index (κ3) is 6.45. The summed E-state index contributed by atoms with van der Waals surface area (Å²) in [5.41, 5.74) is 0. The van der Waals surface area contributed by atoms with Crippen LogP contribution in [0.3, 0.4) is 0 Å². The van der Waals surface area contributed by atoms with Crippen LogP contribution < -0.4 is 5.32 Å². The second kappa shape index (κ2) is 9.62. The summed E-state index contributed by atoms with van der Waals surface area (Å²) in [6.45, 7) is 5.68. The highest BCUT2D eigenvalue weighted by Gasteiger charge is 2.23. The van der Waals surface area contributed by atoms with Gasteiger partial charge in [-0.3, -0.25) is 4.79 Å². The molecular formula is C16H31ClN2O. The van der Waals surface area contributed by atoms with E-state index in [2.05, 4.69) is 17.1 Å². The Bertz CT molecular complexity index is 276. The maximum absolute atomic E-state index is 12.3. The molecule has 0 radical (unpaired) electrons. The van der Waals surface area contributed by atoms with Gasteiger partial charge < -0.3 is 10.2 Å². The van der Waals surface area contributed by atoms with Crippen molar-refractivity contribution < 1.29 is 4.79 Å². The standard InChI is InChI=1S/C16H30N2O.ClH/c1-2-10-18(13-15-6-4-3-5-7-15)16(19)12-17-11-14-8-9-14;/h14-15,17H,2-13H2,1H3;1H. The fraction of sp³-hybridized carbons (Fsp3) is 0.938. The third-order valence-electron chi connectivity index (χ3n) is 4.46. The Morgan fingerprint density at radius 2 is 1.80 bits per heavy atom. The van der Waals surface area contributed by atoms with Gasteiger partial charge in [0.05, 0.1) is 6.54 Å². The quantitative estimate of drug-likeness (QED) is 0.746. The molecule has 2 aliphatic rings. The Morgan fingerprint density at radius 3 is 2.40 bits per heavy atom. The Balaban J connectivity index is 0.00000200. The lowest BCUT2D eigenvalue weighted by Crippen LogP contribution is -2.42. The predicted molar refractivity (Wildman–Crippen MR) is 86.3 cm³/mol. The first-order chi connectivity index (χ1) is 9.29. The molecule has 2 aliphatic carbocycles. The van der Waals surface area contributed by atoms with Crippen LogP contribution in [0.25, 0.3) is 0 Å². The average Bonchev–Trinajstić information content (AvgIpc) is 3.23. The van der Waals surface area contributed by atoms with Gasteiger partial charge in [0.2, 0.25) is 5.91 Å². The molecule has 0 atom stereocenters. The summed E-state index contributed by atoms with van der Waals surface area (Å²) in [7, 11) is 0. The minimum atomic E-state index is 0. The van der Waals surface area contributed by atoms with Gasteiger partial charge in [0, 0.05) is 13.1 Å². The SMILES string of the molecule is CCCN(CC1CCCCC1)C(=O)CNCC1CC1.Cl. The average molecular weight is 303 g/mol. The fourth-order valence-corrected chi connectivity index (χ4v) is 3.09. The zero-order valence-electron chi connectivity index (χ0n) is 12.9. The second-order valence-corrected chi connectivity index (χ2v) is 6.42. The highest BCUT2D eigenvalue weighted by atomic mass is 35.5. The van der Waals surface area contributed by atoms with E-state index in [0.29, 0.717) is 12.5 Å². The minimum Gasteiger partial charge on any atom is -0.341 e. The number of rotatable bonds is 8. The molecule has 118 valence electrons. The molecule has 0 unspecified atom stereocenters. The molecule has 0 aromatic heterocycles. The molecule has 0 aromatic carbocycles. The third-order valence-corrected chi connectivity index (χ3v) is 4.46. The van der Waals surface area contributed by atoms with Crippen LogP contribution >= 0.6 is 12.4 Å². The van der Waals surface area contributed by atoms with Gasteiger partial charge in [0.15, 0.2) is 0 Å². The minimum absolute atomic E-state index is 0. The topological polar surface area (TPSA) is 32.3 Å². The summed E-state index contributed by atoms with van der Waals surface area (Å²) < 4.78 is 0. The Kier molecular flexibility index (Phi) is 8.55. The lowest BCUT2D eigenvalue weighted by molar-refractivity contribution is -0.131. The van der Waals surface area contributed by atoms with Crippen molar-refractivity contribution in [3.63, 3.8) is 0 Å². The first-order valence-electron chi connectivity index (χ1n) is 8.28. The van der Waals surface area contributed by atoms with Gasteiger partial charge in [-0.05, 0) is 50.5 Å². The highest BCUT2D eigenvalue weighted by Crippen LogP contribution is 2.27. The summed E-state index contributed by atoms with van der Waals surface area (Å²) in [6.07, 6.45) is 10.5. The lowest BCUT2D eigenvalue weighted by Gasteiger charge is -2.29. The van der Waals surface area contributed by atoms with Gasteiger partial charge in [-0.25, -0.2) is 0 Å². The predicted octanol–water partition coefficient (Wildman–Crippen LogP) is 3.23. The molecular weight excluding hydrogens is 272 g/mol. The van der Waals surface area contributed by atoms with Crippen molar-refractivity contribution in [2.24, 2.45) is 11.8 Å². The van der Waals surface area contributed by atoms with E-state index in [1.54, 1.807) is 0 Å². The van der Waals surface area contributed by atoms with E-state index in [1.165, 1.54) is 44.9 Å². The van der Waals surface area contributed by atoms with E-state index in [0.717, 1.165) is 37.9 Å². The van der Waals surface area contributed by atoms with E-state index in [4.69, 9.17) is 0 Å². The monoisotopic (exact) mass is 302 g/mol. The molecule has 1 amide bonds. The van der Waals surface area contributed by atoms with E-state index >= 15 is 0 Å². The molecule has 20 heavy (non-hydrogen) atoms. The van der Waals surface area contributed by atoms with Crippen LogP contribution in [0, 0.1) is 11.8 Å². The van der Waals surface area contributed by atoms with Crippen molar-refractivity contribution in [2.75, 3.05) is 26.2 Å². The van der Waals surface area contributed by atoms with E-state index < -0.39 is 0 Å². The Labute approximate surface area is 130 Å². The van der Waals surface area contributed by atoms with E-state index in [9.17, 15) is 4.79 Å². The van der Waals surface area contributed by atoms with Crippen LogP contribution in [0.2, 0.25) is 0 Å². The molecule has 0 spiro atoms. The van der Waals surface area contributed by atoms with Gasteiger partial charge in [0.1, 0.15) is 0 Å². The number of halogens is 1. The van der Waals surface area contributed by atoms with Crippen LogP contribution in [0.15, 0.2) is 0 Å². The zero-order chi connectivity index (χ0) is 13.5. The summed E-state index contributed by atoms with van der Waals surface area (Å²) in [5, 5.41) is 3.33. The van der Waals surface area contributed by atoms with Crippen LogP contribution in [0.4, 0.5) is 0 Å². The van der Waals surface area contributed by atoms with Crippen molar-refractivity contribution in [1.82, 2.24) is 10.2 Å². The van der Waals surface area contributed by atoms with Crippen LogP contribution in [0.5, 0.6) is 0 Å². The molecule has 0 saturated heterocycles. The molecule has 2 fully saturated rings. The molecule has 0 aromatic rings. The van der Waals surface area contributed by atoms with Crippen LogP contribution in [-0.2, 0) is 4.79 Å². The maximum Gasteiger partial charge on any atom is 0.236 e. The first-order valence-corrected chi connectivity index (χ1v) is 8.28. The Hall–Kier alpha value is -0.280.